The maximum absolute atomic E-state index is 14.5. The number of pyridine rings is 1. The number of morpholine rings is 1. The van der Waals surface area contributed by atoms with E-state index >= 15 is 0 Å². The summed E-state index contributed by atoms with van der Waals surface area (Å²) in [6, 6.07) is 4.08. The number of ether oxygens (including phenoxy) is 1. The smallest absolute Gasteiger partial charge is 0.155 e. The molecule has 2 aliphatic rings. The summed E-state index contributed by atoms with van der Waals surface area (Å²) in [4.78, 5) is 13.4. The number of hydrazone groups is 1. The molecule has 0 aliphatic carbocycles. The van der Waals surface area contributed by atoms with Gasteiger partial charge < -0.3 is 25.6 Å². The summed E-state index contributed by atoms with van der Waals surface area (Å²) in [6.07, 6.45) is 6.36. The Kier molecular flexibility index (Phi) is 11.8. The topological polar surface area (TPSA) is 103 Å². The SMILES string of the molecule is CCCNC(N)C1CCN(c2ccnc(/C=N/NC(/N=C(\C(C)F)N3CCOCC3)=C(C)CC)c2)CC1. The number of nitrogens with zero attached hydrogens (tertiary/aromatic N) is 5. The molecule has 2 saturated heterocycles. The molecule has 2 unspecified atom stereocenters. The van der Waals surface area contributed by atoms with Crippen molar-refractivity contribution >= 4 is 17.7 Å². The molecule has 2 aliphatic heterocycles. The molecule has 10 heteroatoms. The van der Waals surface area contributed by atoms with Crippen LogP contribution >= 0.6 is 0 Å². The summed E-state index contributed by atoms with van der Waals surface area (Å²) in [7, 11) is 0. The van der Waals surface area contributed by atoms with Crippen molar-refractivity contribution in [3.05, 3.63) is 35.4 Å². The molecule has 3 rings (SSSR count). The van der Waals surface area contributed by atoms with Gasteiger partial charge in [-0.15, -0.1) is 0 Å². The monoisotopic (exact) mass is 516 g/mol. The first-order valence-corrected chi connectivity index (χ1v) is 13.7. The average molecular weight is 517 g/mol. The van der Waals surface area contributed by atoms with Crippen LogP contribution < -0.4 is 21.4 Å². The Morgan fingerprint density at radius 3 is 2.65 bits per heavy atom. The molecule has 37 heavy (non-hydrogen) atoms. The Morgan fingerprint density at radius 2 is 2.00 bits per heavy atom. The van der Waals surface area contributed by atoms with Crippen molar-refractivity contribution in [3.8, 4) is 0 Å². The molecular formula is C27H45FN8O. The number of allylic oxidation sites excluding steroid dienone is 1. The fourth-order valence-corrected chi connectivity index (χ4v) is 4.56. The van der Waals surface area contributed by atoms with Gasteiger partial charge in [0.25, 0.3) is 0 Å². The summed E-state index contributed by atoms with van der Waals surface area (Å²) in [5.41, 5.74) is 12.3. The van der Waals surface area contributed by atoms with Crippen LogP contribution in [0.25, 0.3) is 0 Å². The van der Waals surface area contributed by atoms with Crippen LogP contribution in [0.4, 0.5) is 10.1 Å². The van der Waals surface area contributed by atoms with Gasteiger partial charge in [-0.25, -0.2) is 9.38 Å². The van der Waals surface area contributed by atoms with Crippen LogP contribution in [0.2, 0.25) is 0 Å². The number of alkyl halides is 1. The van der Waals surface area contributed by atoms with Gasteiger partial charge in [0, 0.05) is 38.1 Å². The Labute approximate surface area is 221 Å². The molecular weight excluding hydrogens is 471 g/mol. The van der Waals surface area contributed by atoms with Gasteiger partial charge in [0.2, 0.25) is 0 Å². The van der Waals surface area contributed by atoms with Gasteiger partial charge in [-0.2, -0.15) is 5.10 Å². The first-order valence-electron chi connectivity index (χ1n) is 13.7. The number of piperidine rings is 1. The molecule has 9 nitrogen and oxygen atoms in total. The Bertz CT molecular complexity index is 921. The second-order valence-corrected chi connectivity index (χ2v) is 9.78. The van der Waals surface area contributed by atoms with Crippen molar-refractivity contribution in [2.75, 3.05) is 50.8 Å². The van der Waals surface area contributed by atoms with E-state index in [1.54, 1.807) is 6.21 Å². The first-order chi connectivity index (χ1) is 17.9. The van der Waals surface area contributed by atoms with Crippen molar-refractivity contribution < 1.29 is 9.13 Å². The second-order valence-electron chi connectivity index (χ2n) is 9.78. The van der Waals surface area contributed by atoms with Crippen molar-refractivity contribution in [2.24, 2.45) is 21.7 Å². The molecule has 0 amide bonds. The van der Waals surface area contributed by atoms with Crippen LogP contribution in [0, 0.1) is 5.92 Å². The van der Waals surface area contributed by atoms with Gasteiger partial charge in [0.05, 0.1) is 31.3 Å². The number of hydrogen-bond acceptors (Lipinski definition) is 8. The van der Waals surface area contributed by atoms with Crippen LogP contribution in [0.5, 0.6) is 0 Å². The number of aliphatic imine (C=N–C) groups is 1. The summed E-state index contributed by atoms with van der Waals surface area (Å²) in [5, 5.41) is 7.84. The van der Waals surface area contributed by atoms with Crippen LogP contribution in [0.1, 0.15) is 59.1 Å². The predicted octanol–water partition coefficient (Wildman–Crippen LogP) is 3.24. The predicted molar refractivity (Wildman–Crippen MR) is 150 cm³/mol. The van der Waals surface area contributed by atoms with Gasteiger partial charge in [0.15, 0.2) is 6.17 Å². The summed E-state index contributed by atoms with van der Waals surface area (Å²) in [5.74, 6) is 1.47. The lowest BCUT2D eigenvalue weighted by Gasteiger charge is -2.36. The highest BCUT2D eigenvalue weighted by Crippen LogP contribution is 2.24. The fraction of sp³-hybridized carbons (Fsp3) is 0.667. The van der Waals surface area contributed by atoms with Crippen LogP contribution in [-0.2, 0) is 4.74 Å². The molecule has 1 aromatic heterocycles. The molecule has 0 spiro atoms. The highest BCUT2D eigenvalue weighted by atomic mass is 19.1. The Hall–Kier alpha value is -2.56. The number of aromatic nitrogens is 1. The molecule has 0 bridgehead atoms. The third kappa shape index (κ3) is 8.76. The summed E-state index contributed by atoms with van der Waals surface area (Å²) in [6.45, 7) is 13.0. The molecule has 0 saturated carbocycles. The number of nitrogens with one attached hydrogen (secondary N) is 2. The quantitative estimate of drug-likeness (QED) is 0.180. The van der Waals surface area contributed by atoms with Crippen LogP contribution in [0.3, 0.4) is 0 Å². The number of hydrogen-bond donors (Lipinski definition) is 3. The number of rotatable bonds is 11. The number of amidine groups is 1. The number of anilines is 1. The Balaban J connectivity index is 1.64. The first kappa shape index (κ1) is 29.0. The van der Waals surface area contributed by atoms with Crippen molar-refractivity contribution in [1.29, 1.82) is 0 Å². The highest BCUT2D eigenvalue weighted by molar-refractivity contribution is 5.87. The summed E-state index contributed by atoms with van der Waals surface area (Å²) >= 11 is 0. The molecule has 3 heterocycles. The number of nitrogens with two attached hydrogens (primary N) is 1. The van der Waals surface area contributed by atoms with E-state index in [0.29, 0.717) is 43.9 Å². The second kappa shape index (κ2) is 15.0. The zero-order valence-corrected chi connectivity index (χ0v) is 22.9. The fourth-order valence-electron chi connectivity index (χ4n) is 4.56. The zero-order chi connectivity index (χ0) is 26.6. The number of halogens is 1. The standard InChI is InChI=1S/C27H45FN8O/c1-5-10-31-25(29)22-8-12-35(13-9-22)24-7-11-30-23(18-24)19-32-34-26(20(3)6-2)33-27(21(4)28)36-14-16-37-17-15-36/h7,11,18-19,21-22,25,31,34H,5-6,8-10,12-17,29H2,1-4H3/b26-20?,32-19+,33-27+. The summed E-state index contributed by atoms with van der Waals surface area (Å²) < 4.78 is 19.9. The molecule has 2 atom stereocenters. The molecule has 1 aromatic rings. The van der Waals surface area contributed by atoms with Crippen molar-refractivity contribution in [2.45, 2.75) is 65.7 Å². The lowest BCUT2D eigenvalue weighted by Crippen LogP contribution is -2.48. The Morgan fingerprint density at radius 1 is 1.27 bits per heavy atom. The van der Waals surface area contributed by atoms with Crippen molar-refractivity contribution in [1.82, 2.24) is 20.6 Å². The van der Waals surface area contributed by atoms with Crippen molar-refractivity contribution in [3.63, 3.8) is 0 Å². The third-order valence-corrected chi connectivity index (χ3v) is 7.03. The molecule has 0 radical (unpaired) electrons. The van der Waals surface area contributed by atoms with Gasteiger partial charge in [-0.3, -0.25) is 10.4 Å². The maximum Gasteiger partial charge on any atom is 0.155 e. The van der Waals surface area contributed by atoms with E-state index in [1.807, 2.05) is 37.1 Å². The molecule has 2 fully saturated rings. The maximum atomic E-state index is 14.5. The third-order valence-electron chi connectivity index (χ3n) is 7.03. The molecule has 4 N–H and O–H groups in total. The van der Waals surface area contributed by atoms with E-state index < -0.39 is 6.17 Å². The van der Waals surface area contributed by atoms with E-state index in [4.69, 9.17) is 10.5 Å². The zero-order valence-electron chi connectivity index (χ0n) is 22.9. The lowest BCUT2D eigenvalue weighted by atomic mass is 9.93. The van der Waals surface area contributed by atoms with E-state index in [1.165, 1.54) is 6.92 Å². The minimum absolute atomic E-state index is 0.0638. The normalized spacial score (nSPS) is 20.2. The minimum Gasteiger partial charge on any atom is -0.378 e. The largest absolute Gasteiger partial charge is 0.378 e. The van der Waals surface area contributed by atoms with Gasteiger partial charge in [-0.05, 0) is 69.7 Å². The average Bonchev–Trinajstić information content (AvgIpc) is 2.93. The van der Waals surface area contributed by atoms with E-state index in [9.17, 15) is 4.39 Å². The van der Waals surface area contributed by atoms with E-state index in [0.717, 1.165) is 62.3 Å². The molecule has 0 aromatic carbocycles. The highest BCUT2D eigenvalue weighted by Gasteiger charge is 2.24. The van der Waals surface area contributed by atoms with Gasteiger partial charge >= 0.3 is 0 Å². The van der Waals surface area contributed by atoms with Crippen LogP contribution in [0.15, 0.2) is 39.8 Å². The lowest BCUT2D eigenvalue weighted by molar-refractivity contribution is 0.0653. The van der Waals surface area contributed by atoms with E-state index in [-0.39, 0.29) is 6.17 Å². The van der Waals surface area contributed by atoms with Gasteiger partial charge in [-0.1, -0.05) is 13.8 Å². The van der Waals surface area contributed by atoms with Crippen LogP contribution in [-0.4, -0.2) is 80.2 Å². The minimum atomic E-state index is -1.19. The van der Waals surface area contributed by atoms with E-state index in [2.05, 4.69) is 37.6 Å². The van der Waals surface area contributed by atoms with Gasteiger partial charge in [0.1, 0.15) is 11.7 Å². The molecule has 206 valence electrons.